The zero-order valence-electron chi connectivity index (χ0n) is 13.0. The third kappa shape index (κ3) is 3.53. The maximum atomic E-state index is 12.5. The van der Waals surface area contributed by atoms with Crippen LogP contribution >= 0.6 is 11.8 Å². The van der Waals surface area contributed by atoms with E-state index in [0.717, 1.165) is 33.9 Å². The Labute approximate surface area is 138 Å². The number of hydrogen-bond acceptors (Lipinski definition) is 4. The molecule has 0 radical (unpaired) electrons. The number of anilines is 1. The van der Waals surface area contributed by atoms with Gasteiger partial charge in [-0.15, -0.1) is 0 Å². The lowest BCUT2D eigenvalue weighted by Crippen LogP contribution is -2.25. The summed E-state index contributed by atoms with van der Waals surface area (Å²) in [6, 6.07) is 9.63. The van der Waals surface area contributed by atoms with Crippen LogP contribution in [0.15, 0.2) is 47.9 Å². The van der Waals surface area contributed by atoms with Gasteiger partial charge in [-0.1, -0.05) is 36.9 Å². The number of imidazole rings is 1. The predicted molar refractivity (Wildman–Crippen MR) is 93.6 cm³/mol. The standard InChI is InChI=1S/C17H18N4OS/c1-3-15(16(22)19-12-7-5-4-6-11(12)2)23-17-20-13-8-9-18-10-14(13)21-17/h4-10,15H,3H2,1-2H3,(H,19,22)(H,20,21). The first-order chi connectivity index (χ1) is 11.2. The maximum Gasteiger partial charge on any atom is 0.237 e. The third-order valence-corrected chi connectivity index (χ3v) is 4.83. The smallest absolute Gasteiger partial charge is 0.237 e. The van der Waals surface area contributed by atoms with Gasteiger partial charge in [0.1, 0.15) is 0 Å². The lowest BCUT2D eigenvalue weighted by molar-refractivity contribution is -0.115. The molecule has 3 aromatic rings. The van der Waals surface area contributed by atoms with Gasteiger partial charge in [-0.2, -0.15) is 0 Å². The van der Waals surface area contributed by atoms with Crippen molar-refractivity contribution in [3.63, 3.8) is 0 Å². The molecule has 0 aliphatic heterocycles. The highest BCUT2D eigenvalue weighted by Crippen LogP contribution is 2.26. The van der Waals surface area contributed by atoms with Gasteiger partial charge in [0.2, 0.25) is 5.91 Å². The number of rotatable bonds is 5. The number of aromatic nitrogens is 3. The average molecular weight is 326 g/mol. The van der Waals surface area contributed by atoms with Gasteiger partial charge < -0.3 is 10.3 Å². The second-order valence-corrected chi connectivity index (χ2v) is 6.45. The summed E-state index contributed by atoms with van der Waals surface area (Å²) in [7, 11) is 0. The monoisotopic (exact) mass is 326 g/mol. The van der Waals surface area contributed by atoms with Crippen LogP contribution in [0.5, 0.6) is 0 Å². The van der Waals surface area contributed by atoms with Crippen LogP contribution in [-0.2, 0) is 4.79 Å². The Hall–Kier alpha value is -2.34. The molecule has 23 heavy (non-hydrogen) atoms. The molecule has 1 atom stereocenters. The van der Waals surface area contributed by atoms with E-state index < -0.39 is 0 Å². The quantitative estimate of drug-likeness (QED) is 0.700. The zero-order chi connectivity index (χ0) is 16.2. The fourth-order valence-corrected chi connectivity index (χ4v) is 3.19. The van der Waals surface area contributed by atoms with Crippen LogP contribution in [0.1, 0.15) is 18.9 Å². The molecule has 5 nitrogen and oxygen atoms in total. The summed E-state index contributed by atoms with van der Waals surface area (Å²) in [4.78, 5) is 24.3. The normalized spacial score (nSPS) is 12.3. The largest absolute Gasteiger partial charge is 0.332 e. The highest BCUT2D eigenvalue weighted by Gasteiger charge is 2.20. The van der Waals surface area contributed by atoms with Crippen molar-refractivity contribution in [3.8, 4) is 0 Å². The van der Waals surface area contributed by atoms with Crippen molar-refractivity contribution >= 4 is 34.4 Å². The van der Waals surface area contributed by atoms with E-state index in [1.807, 2.05) is 44.2 Å². The maximum absolute atomic E-state index is 12.5. The Morgan fingerprint density at radius 1 is 1.35 bits per heavy atom. The molecule has 118 valence electrons. The van der Waals surface area contributed by atoms with Crippen LogP contribution < -0.4 is 5.32 Å². The molecule has 0 bridgehead atoms. The molecule has 0 spiro atoms. The Balaban J connectivity index is 1.74. The first-order valence-corrected chi connectivity index (χ1v) is 8.38. The van der Waals surface area contributed by atoms with E-state index >= 15 is 0 Å². The second kappa shape index (κ2) is 6.83. The minimum absolute atomic E-state index is 0.00891. The van der Waals surface area contributed by atoms with Crippen LogP contribution in [-0.4, -0.2) is 26.1 Å². The van der Waals surface area contributed by atoms with Crippen LogP contribution in [0.4, 0.5) is 5.69 Å². The molecule has 0 aliphatic rings. The molecule has 3 rings (SSSR count). The number of carbonyl (C=O) groups excluding carboxylic acids is 1. The molecular weight excluding hydrogens is 308 g/mol. The minimum atomic E-state index is -0.205. The molecule has 2 aromatic heterocycles. The first kappa shape index (κ1) is 15.6. The Bertz CT molecular complexity index is 797. The predicted octanol–water partition coefficient (Wildman–Crippen LogP) is 3.78. The topological polar surface area (TPSA) is 70.7 Å². The molecule has 1 aromatic carbocycles. The molecule has 0 fully saturated rings. The number of nitrogens with zero attached hydrogens (tertiary/aromatic N) is 2. The molecule has 2 heterocycles. The molecule has 6 heteroatoms. The van der Waals surface area contributed by atoms with Gasteiger partial charge in [-0.05, 0) is 31.0 Å². The SMILES string of the molecule is CCC(Sc1nc2ccncc2[nH]1)C(=O)Nc1ccccc1C. The van der Waals surface area contributed by atoms with E-state index in [0.29, 0.717) is 0 Å². The summed E-state index contributed by atoms with van der Waals surface area (Å²) < 4.78 is 0. The van der Waals surface area contributed by atoms with Gasteiger partial charge in [-0.3, -0.25) is 9.78 Å². The van der Waals surface area contributed by atoms with Gasteiger partial charge >= 0.3 is 0 Å². The number of fused-ring (bicyclic) bond motifs is 1. The number of aromatic amines is 1. The van der Waals surface area contributed by atoms with Crippen LogP contribution in [0.25, 0.3) is 11.0 Å². The van der Waals surface area contributed by atoms with Crippen molar-refractivity contribution in [1.82, 2.24) is 15.0 Å². The van der Waals surface area contributed by atoms with Crippen molar-refractivity contribution in [2.45, 2.75) is 30.7 Å². The molecule has 2 N–H and O–H groups in total. The van der Waals surface area contributed by atoms with E-state index in [4.69, 9.17) is 0 Å². The van der Waals surface area contributed by atoms with Crippen molar-refractivity contribution < 1.29 is 4.79 Å². The molecule has 0 aliphatic carbocycles. The Morgan fingerprint density at radius 2 is 2.17 bits per heavy atom. The summed E-state index contributed by atoms with van der Waals surface area (Å²) in [5, 5.41) is 3.53. The number of amides is 1. The number of nitrogens with one attached hydrogen (secondary N) is 2. The number of para-hydroxylation sites is 1. The fraction of sp³-hybridized carbons (Fsp3) is 0.235. The lowest BCUT2D eigenvalue weighted by Gasteiger charge is -2.14. The summed E-state index contributed by atoms with van der Waals surface area (Å²) in [6.07, 6.45) is 4.16. The van der Waals surface area contributed by atoms with Crippen molar-refractivity contribution in [3.05, 3.63) is 48.3 Å². The van der Waals surface area contributed by atoms with Gasteiger partial charge in [0.15, 0.2) is 5.16 Å². The Kier molecular flexibility index (Phi) is 4.62. The number of benzene rings is 1. The fourth-order valence-electron chi connectivity index (χ4n) is 2.27. The van der Waals surface area contributed by atoms with Crippen LogP contribution in [0.3, 0.4) is 0 Å². The molecule has 0 saturated carbocycles. The third-order valence-electron chi connectivity index (χ3n) is 3.58. The molecule has 1 amide bonds. The van der Waals surface area contributed by atoms with E-state index in [-0.39, 0.29) is 11.2 Å². The van der Waals surface area contributed by atoms with E-state index in [1.165, 1.54) is 11.8 Å². The second-order valence-electron chi connectivity index (χ2n) is 5.25. The first-order valence-electron chi connectivity index (χ1n) is 7.50. The van der Waals surface area contributed by atoms with Crippen LogP contribution in [0, 0.1) is 6.92 Å². The lowest BCUT2D eigenvalue weighted by atomic mass is 10.2. The summed E-state index contributed by atoms with van der Waals surface area (Å²) in [5.41, 5.74) is 3.64. The number of pyridine rings is 1. The van der Waals surface area contributed by atoms with Gasteiger partial charge in [0.05, 0.1) is 22.5 Å². The van der Waals surface area contributed by atoms with Crippen molar-refractivity contribution in [2.24, 2.45) is 0 Å². The van der Waals surface area contributed by atoms with E-state index in [9.17, 15) is 4.79 Å². The van der Waals surface area contributed by atoms with Gasteiger partial charge in [0, 0.05) is 11.9 Å². The minimum Gasteiger partial charge on any atom is -0.332 e. The molecular formula is C17H18N4OS. The molecule has 1 unspecified atom stereocenters. The van der Waals surface area contributed by atoms with Crippen molar-refractivity contribution in [1.29, 1.82) is 0 Å². The van der Waals surface area contributed by atoms with E-state index in [1.54, 1.807) is 12.4 Å². The Morgan fingerprint density at radius 3 is 2.91 bits per heavy atom. The number of H-pyrrole nitrogens is 1. The molecule has 0 saturated heterocycles. The number of thioether (sulfide) groups is 1. The van der Waals surface area contributed by atoms with E-state index in [2.05, 4.69) is 20.3 Å². The van der Waals surface area contributed by atoms with Gasteiger partial charge in [-0.25, -0.2) is 4.98 Å². The summed E-state index contributed by atoms with van der Waals surface area (Å²) in [5.74, 6) is -0.00891. The summed E-state index contributed by atoms with van der Waals surface area (Å²) >= 11 is 1.44. The van der Waals surface area contributed by atoms with Crippen LogP contribution in [0.2, 0.25) is 0 Å². The van der Waals surface area contributed by atoms with Gasteiger partial charge in [0.25, 0.3) is 0 Å². The number of hydrogen-bond donors (Lipinski definition) is 2. The average Bonchev–Trinajstić information content (AvgIpc) is 2.97. The number of aryl methyl sites for hydroxylation is 1. The highest BCUT2D eigenvalue weighted by molar-refractivity contribution is 8.00. The zero-order valence-corrected chi connectivity index (χ0v) is 13.9. The highest BCUT2D eigenvalue weighted by atomic mass is 32.2. The summed E-state index contributed by atoms with van der Waals surface area (Å²) in [6.45, 7) is 3.98. The number of carbonyl (C=O) groups is 1. The van der Waals surface area contributed by atoms with Crippen molar-refractivity contribution in [2.75, 3.05) is 5.32 Å².